The van der Waals surface area contributed by atoms with Crippen LogP contribution in [-0.4, -0.2) is 18.6 Å². The van der Waals surface area contributed by atoms with E-state index in [-0.39, 0.29) is 12.6 Å². The molecule has 2 aromatic carbocycles. The lowest BCUT2D eigenvalue weighted by Gasteiger charge is -2.30. The number of hydrogen-bond acceptors (Lipinski definition) is 4. The van der Waals surface area contributed by atoms with Crippen molar-refractivity contribution in [1.29, 1.82) is 0 Å². The minimum atomic E-state index is -0.605. The lowest BCUT2D eigenvalue weighted by atomic mass is 9.89. The topological polar surface area (TPSA) is 76.7 Å². The van der Waals surface area contributed by atoms with Crippen LogP contribution >= 0.6 is 11.6 Å². The van der Waals surface area contributed by atoms with Crippen molar-refractivity contribution in [3.8, 4) is 5.75 Å². The molecular weight excluding hydrogens is 404 g/mol. The molecule has 1 aliphatic heterocycles. The molecule has 2 N–H and O–H groups in total. The molecule has 0 fully saturated rings. The molecule has 6 nitrogen and oxygen atoms in total. The highest BCUT2D eigenvalue weighted by Gasteiger charge is 2.33. The third-order valence-electron chi connectivity index (χ3n) is 4.98. The smallest absolute Gasteiger partial charge is 0.338 e. The van der Waals surface area contributed by atoms with Crippen molar-refractivity contribution >= 4 is 23.6 Å². The summed E-state index contributed by atoms with van der Waals surface area (Å²) < 4.78 is 11.1. The minimum absolute atomic E-state index is 0.253. The van der Waals surface area contributed by atoms with Gasteiger partial charge in [0.15, 0.2) is 0 Å². The highest BCUT2D eigenvalue weighted by Crippen LogP contribution is 2.32. The molecule has 0 spiro atoms. The zero-order valence-corrected chi connectivity index (χ0v) is 18.2. The SMILES string of the molecule is CCOC(=O)C1=C(C)NC(=O)NC1c1cc(C)cc(COc2ccc(Cl)cc2)c1C. The first-order valence-corrected chi connectivity index (χ1v) is 10.1. The number of amides is 2. The number of esters is 1. The highest BCUT2D eigenvalue weighted by atomic mass is 35.5. The summed E-state index contributed by atoms with van der Waals surface area (Å²) in [4.78, 5) is 24.8. The van der Waals surface area contributed by atoms with E-state index in [0.717, 1.165) is 22.3 Å². The summed E-state index contributed by atoms with van der Waals surface area (Å²) >= 11 is 5.93. The van der Waals surface area contributed by atoms with E-state index in [2.05, 4.69) is 10.6 Å². The second-order valence-electron chi connectivity index (χ2n) is 7.17. The van der Waals surface area contributed by atoms with Crippen molar-refractivity contribution in [2.24, 2.45) is 0 Å². The van der Waals surface area contributed by atoms with Crippen molar-refractivity contribution in [1.82, 2.24) is 10.6 Å². The Labute approximate surface area is 181 Å². The zero-order valence-electron chi connectivity index (χ0n) is 17.5. The van der Waals surface area contributed by atoms with Gasteiger partial charge >= 0.3 is 12.0 Å². The molecule has 0 saturated carbocycles. The number of rotatable bonds is 6. The monoisotopic (exact) mass is 428 g/mol. The van der Waals surface area contributed by atoms with Gasteiger partial charge in [0.1, 0.15) is 12.4 Å². The van der Waals surface area contributed by atoms with E-state index < -0.39 is 12.0 Å². The van der Waals surface area contributed by atoms with Gasteiger partial charge in [0.05, 0.1) is 18.2 Å². The van der Waals surface area contributed by atoms with Crippen LogP contribution in [0, 0.1) is 13.8 Å². The quantitative estimate of drug-likeness (QED) is 0.652. The van der Waals surface area contributed by atoms with E-state index in [1.807, 2.05) is 38.1 Å². The Balaban J connectivity index is 1.96. The van der Waals surface area contributed by atoms with Crippen LogP contribution in [-0.2, 0) is 16.1 Å². The molecule has 0 bridgehead atoms. The second-order valence-corrected chi connectivity index (χ2v) is 7.61. The Morgan fingerprint density at radius 3 is 2.50 bits per heavy atom. The molecule has 1 heterocycles. The van der Waals surface area contributed by atoms with Crippen molar-refractivity contribution in [2.45, 2.75) is 40.3 Å². The minimum Gasteiger partial charge on any atom is -0.489 e. The van der Waals surface area contributed by atoms with Gasteiger partial charge in [-0.25, -0.2) is 9.59 Å². The fourth-order valence-electron chi connectivity index (χ4n) is 3.51. The van der Waals surface area contributed by atoms with Crippen molar-refractivity contribution in [2.75, 3.05) is 6.61 Å². The first-order valence-electron chi connectivity index (χ1n) is 9.74. The van der Waals surface area contributed by atoms with Crippen LogP contribution in [0.3, 0.4) is 0 Å². The van der Waals surface area contributed by atoms with Crippen LogP contribution in [0.15, 0.2) is 47.7 Å². The second kappa shape index (κ2) is 9.22. The molecule has 0 radical (unpaired) electrons. The first kappa shape index (κ1) is 21.7. The van der Waals surface area contributed by atoms with Gasteiger partial charge in [-0.1, -0.05) is 29.3 Å². The molecule has 0 aliphatic carbocycles. The number of carbonyl (C=O) groups is 2. The molecule has 30 heavy (non-hydrogen) atoms. The number of carbonyl (C=O) groups excluding carboxylic acids is 2. The first-order chi connectivity index (χ1) is 14.3. The predicted molar refractivity (Wildman–Crippen MR) is 115 cm³/mol. The van der Waals surface area contributed by atoms with Crippen molar-refractivity contribution in [3.63, 3.8) is 0 Å². The third-order valence-corrected chi connectivity index (χ3v) is 5.24. The fraction of sp³-hybridized carbons (Fsp3) is 0.304. The Morgan fingerprint density at radius 1 is 1.13 bits per heavy atom. The average molecular weight is 429 g/mol. The summed E-state index contributed by atoms with van der Waals surface area (Å²) in [7, 11) is 0. The number of benzene rings is 2. The van der Waals surface area contributed by atoms with Crippen LogP contribution < -0.4 is 15.4 Å². The largest absolute Gasteiger partial charge is 0.489 e. The third kappa shape index (κ3) is 4.76. The summed E-state index contributed by atoms with van der Waals surface area (Å²) in [6, 6.07) is 10.2. The number of halogens is 1. The number of aryl methyl sites for hydroxylation is 1. The Hall–Kier alpha value is -2.99. The highest BCUT2D eigenvalue weighted by molar-refractivity contribution is 6.30. The van der Waals surface area contributed by atoms with Gasteiger partial charge in [-0.2, -0.15) is 0 Å². The standard InChI is InChI=1S/C23H25ClN2O4/c1-5-29-22(27)20-15(4)25-23(28)26-21(20)19-11-13(2)10-16(14(19)3)12-30-18-8-6-17(24)7-9-18/h6-11,21H,5,12H2,1-4H3,(H2,25,26,28). The van der Waals surface area contributed by atoms with Gasteiger partial charge < -0.3 is 20.1 Å². The lowest BCUT2D eigenvalue weighted by molar-refractivity contribution is -0.139. The Bertz CT molecular complexity index is 999. The summed E-state index contributed by atoms with van der Waals surface area (Å²) in [5.74, 6) is 0.257. The summed E-state index contributed by atoms with van der Waals surface area (Å²) in [6.07, 6.45) is 0. The maximum atomic E-state index is 12.6. The van der Waals surface area contributed by atoms with Gasteiger partial charge in [-0.05, 0) is 68.7 Å². The lowest BCUT2D eigenvalue weighted by Crippen LogP contribution is -2.45. The summed E-state index contributed by atoms with van der Waals surface area (Å²) in [5, 5.41) is 6.17. The van der Waals surface area contributed by atoms with E-state index >= 15 is 0 Å². The van der Waals surface area contributed by atoms with Gasteiger partial charge in [0, 0.05) is 10.7 Å². The molecular formula is C23H25ClN2O4. The summed E-state index contributed by atoms with van der Waals surface area (Å²) in [6.45, 7) is 7.98. The van der Waals surface area contributed by atoms with Crippen LogP contribution in [0.4, 0.5) is 4.79 Å². The normalized spacial score (nSPS) is 16.0. The molecule has 2 amide bonds. The van der Waals surface area contributed by atoms with Gasteiger partial charge in [-0.15, -0.1) is 0 Å². The van der Waals surface area contributed by atoms with Crippen LogP contribution in [0.2, 0.25) is 5.02 Å². The molecule has 1 unspecified atom stereocenters. The van der Waals surface area contributed by atoms with E-state index in [9.17, 15) is 9.59 Å². The number of allylic oxidation sites excluding steroid dienone is 1. The Kier molecular flexibility index (Phi) is 6.67. The molecule has 0 saturated heterocycles. The van der Waals surface area contributed by atoms with Crippen LogP contribution in [0.25, 0.3) is 0 Å². The maximum Gasteiger partial charge on any atom is 0.338 e. The predicted octanol–water partition coefficient (Wildman–Crippen LogP) is 4.73. The van der Waals surface area contributed by atoms with E-state index in [0.29, 0.717) is 28.6 Å². The molecule has 1 atom stereocenters. The number of nitrogens with one attached hydrogen (secondary N) is 2. The molecule has 3 rings (SSSR count). The van der Waals surface area contributed by atoms with E-state index in [4.69, 9.17) is 21.1 Å². The van der Waals surface area contributed by atoms with Gasteiger partial charge in [-0.3, -0.25) is 0 Å². The zero-order chi connectivity index (χ0) is 21.8. The van der Waals surface area contributed by atoms with Gasteiger partial charge in [0.25, 0.3) is 0 Å². The van der Waals surface area contributed by atoms with Crippen LogP contribution in [0.5, 0.6) is 5.75 Å². The Morgan fingerprint density at radius 2 is 1.83 bits per heavy atom. The summed E-state index contributed by atoms with van der Waals surface area (Å²) in [5.41, 5.74) is 4.63. The number of ether oxygens (including phenoxy) is 2. The fourth-order valence-corrected chi connectivity index (χ4v) is 3.64. The molecule has 0 aromatic heterocycles. The van der Waals surface area contributed by atoms with Crippen LogP contribution in [0.1, 0.15) is 42.1 Å². The van der Waals surface area contributed by atoms with Gasteiger partial charge in [0.2, 0.25) is 0 Å². The van der Waals surface area contributed by atoms with E-state index in [1.54, 1.807) is 26.0 Å². The molecule has 7 heteroatoms. The molecule has 1 aliphatic rings. The maximum absolute atomic E-state index is 12.6. The number of hydrogen-bond donors (Lipinski definition) is 2. The average Bonchev–Trinajstić information content (AvgIpc) is 2.69. The molecule has 158 valence electrons. The van der Waals surface area contributed by atoms with Crippen molar-refractivity contribution < 1.29 is 19.1 Å². The number of urea groups is 1. The van der Waals surface area contributed by atoms with E-state index in [1.165, 1.54) is 0 Å². The molecule has 2 aromatic rings. The van der Waals surface area contributed by atoms with Crippen molar-refractivity contribution in [3.05, 3.63) is 74.9 Å².